The first-order valence-corrected chi connectivity index (χ1v) is 8.58. The number of benzene rings is 2. The molecule has 7 heteroatoms. The summed E-state index contributed by atoms with van der Waals surface area (Å²) in [6.07, 6.45) is 3.48. The molecule has 0 unspecified atom stereocenters. The Morgan fingerprint density at radius 1 is 1.04 bits per heavy atom. The van der Waals surface area contributed by atoms with Crippen LogP contribution in [0.2, 0.25) is 5.02 Å². The Hall–Kier alpha value is -2.18. The van der Waals surface area contributed by atoms with Crippen molar-refractivity contribution in [1.29, 1.82) is 0 Å². The van der Waals surface area contributed by atoms with Crippen molar-refractivity contribution in [2.45, 2.75) is 6.54 Å². The van der Waals surface area contributed by atoms with Crippen LogP contribution in [0.1, 0.15) is 17.0 Å². The van der Waals surface area contributed by atoms with Crippen LogP contribution in [-0.2, 0) is 6.54 Å². The smallest absolute Gasteiger partial charge is 0.271 e. The minimum Gasteiger partial charge on any atom is -0.271 e. The second-order valence-electron chi connectivity index (χ2n) is 5.42. The van der Waals surface area contributed by atoms with Crippen LogP contribution in [0, 0.1) is 11.6 Å². The molecule has 0 amide bonds. The van der Waals surface area contributed by atoms with Crippen LogP contribution >= 0.6 is 27.5 Å². The quantitative estimate of drug-likeness (QED) is 0.535. The van der Waals surface area contributed by atoms with Crippen molar-refractivity contribution in [3.8, 4) is 5.69 Å². The second-order valence-corrected chi connectivity index (χ2v) is 6.62. The molecule has 0 atom stereocenters. The molecule has 0 saturated carbocycles. The van der Waals surface area contributed by atoms with Gasteiger partial charge >= 0.3 is 5.82 Å². The molecule has 3 aromatic rings. The third-order valence-corrected chi connectivity index (χ3v) is 5.34. The zero-order chi connectivity index (χ0) is 17.6. The van der Waals surface area contributed by atoms with E-state index in [9.17, 15) is 8.78 Å². The number of halogens is 4. The highest BCUT2D eigenvalue weighted by Gasteiger charge is 2.29. The Morgan fingerprint density at radius 2 is 1.80 bits per heavy atom. The summed E-state index contributed by atoms with van der Waals surface area (Å²) in [6, 6.07) is 9.03. The highest BCUT2D eigenvalue weighted by molar-refractivity contribution is 9.10. The third kappa shape index (κ3) is 2.65. The molecule has 124 valence electrons. The maximum atomic E-state index is 14.4. The van der Waals surface area contributed by atoms with Crippen LogP contribution in [-0.4, -0.2) is 10.7 Å². The third-order valence-electron chi connectivity index (χ3n) is 3.97. The lowest BCUT2D eigenvalue weighted by Crippen LogP contribution is -2.37. The summed E-state index contributed by atoms with van der Waals surface area (Å²) in [5.74, 6) is -0.703. The molecule has 0 saturated heterocycles. The number of fused-ring (bicyclic) bond motifs is 3. The predicted octanol–water partition coefficient (Wildman–Crippen LogP) is 4.40. The largest absolute Gasteiger partial charge is 0.324 e. The summed E-state index contributed by atoms with van der Waals surface area (Å²) in [7, 11) is 0. The molecule has 2 heterocycles. The molecule has 0 N–H and O–H groups in total. The highest BCUT2D eigenvalue weighted by atomic mass is 79.9. The fourth-order valence-corrected chi connectivity index (χ4v) is 3.54. The van der Waals surface area contributed by atoms with Crippen LogP contribution in [0.25, 0.3) is 5.69 Å². The van der Waals surface area contributed by atoms with E-state index >= 15 is 0 Å². The molecule has 0 radical (unpaired) electrons. The molecule has 1 aliphatic rings. The Labute approximate surface area is 155 Å². The lowest BCUT2D eigenvalue weighted by atomic mass is 9.99. The molecule has 1 aromatic heterocycles. The molecular formula is C18H10BrClF2N3+. The average Bonchev–Trinajstić information content (AvgIpc) is 2.76. The van der Waals surface area contributed by atoms with Gasteiger partial charge in [-0.05, 0) is 40.2 Å². The Balaban J connectivity index is 2.10. The molecule has 4 rings (SSSR count). The lowest BCUT2D eigenvalue weighted by Gasteiger charge is -2.13. The normalized spacial score (nSPS) is 12.9. The van der Waals surface area contributed by atoms with Crippen molar-refractivity contribution in [3.05, 3.63) is 86.9 Å². The number of aromatic nitrogens is 2. The Bertz CT molecular complexity index is 1020. The van der Waals surface area contributed by atoms with Crippen LogP contribution in [0.3, 0.4) is 0 Å². The van der Waals surface area contributed by atoms with Gasteiger partial charge in [0.05, 0.1) is 21.9 Å². The summed E-state index contributed by atoms with van der Waals surface area (Å²) >= 11 is 9.69. The van der Waals surface area contributed by atoms with E-state index in [1.807, 2.05) is 10.8 Å². The maximum Gasteiger partial charge on any atom is 0.324 e. The highest BCUT2D eigenvalue weighted by Crippen LogP contribution is 2.33. The van der Waals surface area contributed by atoms with Crippen molar-refractivity contribution < 1.29 is 13.3 Å². The van der Waals surface area contributed by atoms with E-state index in [1.165, 1.54) is 18.2 Å². The van der Waals surface area contributed by atoms with E-state index in [0.29, 0.717) is 26.6 Å². The van der Waals surface area contributed by atoms with E-state index in [1.54, 1.807) is 24.4 Å². The van der Waals surface area contributed by atoms with Gasteiger partial charge < -0.3 is 0 Å². The van der Waals surface area contributed by atoms with Gasteiger partial charge in [0.15, 0.2) is 0 Å². The van der Waals surface area contributed by atoms with Crippen molar-refractivity contribution in [3.63, 3.8) is 0 Å². The van der Waals surface area contributed by atoms with Crippen molar-refractivity contribution in [1.82, 2.24) is 4.98 Å². The van der Waals surface area contributed by atoms with Crippen molar-refractivity contribution in [2.24, 2.45) is 4.99 Å². The first kappa shape index (κ1) is 16.3. The summed E-state index contributed by atoms with van der Waals surface area (Å²) in [5, 5.41) is 0.427. The SMILES string of the molecule is Fc1cccc(F)c1C1=NCc2nccc[n+]2-c2ccc(Cl)c(Br)c21. The van der Waals surface area contributed by atoms with Gasteiger partial charge in [0.2, 0.25) is 0 Å². The standard InChI is InChI=1S/C18H10BrClF2N3/c19-17-10(20)5-6-13-16(17)18(15-11(21)3-1-4-12(15)22)24-9-14-23-7-2-8-25(13)14/h1-8H,9H2/q+1. The summed E-state index contributed by atoms with van der Waals surface area (Å²) in [4.78, 5) is 8.79. The minimum atomic E-state index is -0.680. The number of hydrogen-bond donors (Lipinski definition) is 0. The first-order valence-electron chi connectivity index (χ1n) is 7.41. The Kier molecular flexibility index (Phi) is 4.09. The monoisotopic (exact) mass is 420 g/mol. The van der Waals surface area contributed by atoms with Gasteiger partial charge in [0.1, 0.15) is 36.3 Å². The summed E-state index contributed by atoms with van der Waals surface area (Å²) in [5.41, 5.74) is 1.23. The first-order chi connectivity index (χ1) is 12.1. The summed E-state index contributed by atoms with van der Waals surface area (Å²) in [6.45, 7) is 0.183. The predicted molar refractivity (Wildman–Crippen MR) is 94.2 cm³/mol. The van der Waals surface area contributed by atoms with Crippen LogP contribution in [0.4, 0.5) is 8.78 Å². The number of nitrogens with zero attached hydrogens (tertiary/aromatic N) is 3. The van der Waals surface area contributed by atoms with Crippen LogP contribution < -0.4 is 4.57 Å². The molecule has 0 bridgehead atoms. The molecule has 2 aromatic carbocycles. The van der Waals surface area contributed by atoms with Gasteiger partial charge in [0.25, 0.3) is 0 Å². The minimum absolute atomic E-state index is 0.180. The maximum absolute atomic E-state index is 14.4. The van der Waals surface area contributed by atoms with Gasteiger partial charge in [-0.2, -0.15) is 4.57 Å². The number of aliphatic imine (C=N–C) groups is 1. The van der Waals surface area contributed by atoms with E-state index in [-0.39, 0.29) is 17.8 Å². The molecule has 0 aliphatic carbocycles. The van der Waals surface area contributed by atoms with Crippen LogP contribution in [0.15, 0.2) is 58.3 Å². The molecule has 0 fully saturated rings. The average molecular weight is 422 g/mol. The van der Waals surface area contributed by atoms with E-state index < -0.39 is 11.6 Å². The van der Waals surface area contributed by atoms with Gasteiger partial charge in [0, 0.05) is 10.5 Å². The molecular weight excluding hydrogens is 412 g/mol. The van der Waals surface area contributed by atoms with Crippen LogP contribution in [0.5, 0.6) is 0 Å². The zero-order valence-electron chi connectivity index (χ0n) is 12.7. The van der Waals surface area contributed by atoms with E-state index in [0.717, 1.165) is 0 Å². The molecule has 25 heavy (non-hydrogen) atoms. The Morgan fingerprint density at radius 3 is 2.56 bits per heavy atom. The lowest BCUT2D eigenvalue weighted by molar-refractivity contribution is -0.607. The zero-order valence-corrected chi connectivity index (χ0v) is 15.0. The molecule has 1 aliphatic heterocycles. The van der Waals surface area contributed by atoms with E-state index in [4.69, 9.17) is 11.6 Å². The number of rotatable bonds is 1. The second kappa shape index (κ2) is 6.28. The van der Waals surface area contributed by atoms with Gasteiger partial charge in [-0.1, -0.05) is 22.7 Å². The van der Waals surface area contributed by atoms with Gasteiger partial charge in [-0.3, -0.25) is 4.99 Å². The van der Waals surface area contributed by atoms with Gasteiger partial charge in [-0.25, -0.2) is 8.78 Å². The van der Waals surface area contributed by atoms with Gasteiger partial charge in [-0.15, -0.1) is 0 Å². The topological polar surface area (TPSA) is 29.1 Å². The molecule has 0 spiro atoms. The summed E-state index contributed by atoms with van der Waals surface area (Å²) < 4.78 is 31.2. The number of hydrogen-bond acceptors (Lipinski definition) is 2. The molecule has 3 nitrogen and oxygen atoms in total. The van der Waals surface area contributed by atoms with Crippen molar-refractivity contribution >= 4 is 33.2 Å². The van der Waals surface area contributed by atoms with Crippen molar-refractivity contribution in [2.75, 3.05) is 0 Å². The fraction of sp³-hybridized carbons (Fsp3) is 0.0556. The fourth-order valence-electron chi connectivity index (χ4n) is 2.86. The van der Waals surface area contributed by atoms with E-state index in [2.05, 4.69) is 25.9 Å².